The molecule has 0 unspecified atom stereocenters. The van der Waals surface area contributed by atoms with Crippen LogP contribution < -0.4 is 10.1 Å². The van der Waals surface area contributed by atoms with E-state index in [9.17, 15) is 14.4 Å². The molecular weight excluding hydrogens is 414 g/mol. The number of ether oxygens (including phenoxy) is 2. The monoisotopic (exact) mass is 441 g/mol. The summed E-state index contributed by atoms with van der Waals surface area (Å²) in [7, 11) is 0. The maximum absolute atomic E-state index is 12.7. The number of aliphatic hydroxyl groups excluding tert-OH is 1. The summed E-state index contributed by atoms with van der Waals surface area (Å²) in [6, 6.07) is 13.2. The van der Waals surface area contributed by atoms with Gasteiger partial charge in [-0.2, -0.15) is 0 Å². The lowest BCUT2D eigenvalue weighted by molar-refractivity contribution is -0.131. The smallest absolute Gasteiger partial charge is 0.412 e. The third kappa shape index (κ3) is 6.95. The minimum absolute atomic E-state index is 0.0455. The number of aliphatic hydroxyl groups is 1. The van der Waals surface area contributed by atoms with Crippen LogP contribution in [0.5, 0.6) is 5.75 Å². The van der Waals surface area contributed by atoms with Gasteiger partial charge in [0.2, 0.25) is 0 Å². The Kier molecular flexibility index (Phi) is 8.54. The van der Waals surface area contributed by atoms with E-state index in [1.165, 1.54) is 13.0 Å². The molecule has 0 bridgehead atoms. The molecule has 170 valence electrons. The lowest BCUT2D eigenvalue weighted by atomic mass is 9.81. The van der Waals surface area contributed by atoms with Crippen LogP contribution in [0.4, 0.5) is 10.5 Å². The van der Waals surface area contributed by atoms with Gasteiger partial charge in [0.15, 0.2) is 5.78 Å². The van der Waals surface area contributed by atoms with Crippen LogP contribution in [-0.2, 0) is 9.53 Å². The summed E-state index contributed by atoms with van der Waals surface area (Å²) in [5.74, 6) is -0.816. The van der Waals surface area contributed by atoms with Crippen molar-refractivity contribution in [3.05, 3.63) is 71.8 Å². The highest BCUT2D eigenvalue weighted by molar-refractivity contribution is 5.95. The van der Waals surface area contributed by atoms with Gasteiger partial charge in [0.05, 0.1) is 6.61 Å². The highest BCUT2D eigenvalue weighted by atomic mass is 16.6. The number of anilines is 1. The summed E-state index contributed by atoms with van der Waals surface area (Å²) < 4.78 is 11.3. The van der Waals surface area contributed by atoms with Crippen LogP contribution in [0.1, 0.15) is 42.8 Å². The lowest BCUT2D eigenvalue weighted by Crippen LogP contribution is -2.28. The molecule has 0 saturated carbocycles. The molecule has 1 atom stereocenters. The summed E-state index contributed by atoms with van der Waals surface area (Å²) in [4.78, 5) is 35.2. The Balaban J connectivity index is 2.33. The molecule has 0 aliphatic heterocycles. The molecule has 0 fully saturated rings. The quantitative estimate of drug-likeness (QED) is 0.373. The molecule has 2 rings (SSSR count). The van der Waals surface area contributed by atoms with E-state index in [-0.39, 0.29) is 19.0 Å². The Bertz CT molecular complexity index is 980. The SMILES string of the molecule is CC(=O)c1ccc(NC(=O)O[C@H](c2ccccc2OCCO)C(C)(C)/C=C/C(=O)O)cc1. The number of carboxylic acids is 1. The maximum atomic E-state index is 12.7. The predicted octanol–water partition coefficient (Wildman–Crippen LogP) is 4.22. The van der Waals surface area contributed by atoms with Crippen molar-refractivity contribution in [1.82, 2.24) is 0 Å². The third-order valence-electron chi connectivity index (χ3n) is 4.64. The van der Waals surface area contributed by atoms with Gasteiger partial charge in [0.25, 0.3) is 0 Å². The fourth-order valence-electron chi connectivity index (χ4n) is 3.02. The molecular formula is C24H27NO7. The van der Waals surface area contributed by atoms with Crippen molar-refractivity contribution in [2.75, 3.05) is 18.5 Å². The first-order valence-corrected chi connectivity index (χ1v) is 9.97. The van der Waals surface area contributed by atoms with Crippen LogP contribution in [0, 0.1) is 5.41 Å². The van der Waals surface area contributed by atoms with Crippen molar-refractivity contribution >= 4 is 23.5 Å². The minimum atomic E-state index is -1.13. The van der Waals surface area contributed by atoms with Crippen molar-refractivity contribution in [3.63, 3.8) is 0 Å². The van der Waals surface area contributed by atoms with Crippen molar-refractivity contribution in [1.29, 1.82) is 0 Å². The molecule has 8 nitrogen and oxygen atoms in total. The van der Waals surface area contributed by atoms with E-state index in [0.29, 0.717) is 22.6 Å². The molecule has 0 radical (unpaired) electrons. The fraction of sp³-hybridized carbons (Fsp3) is 0.292. The van der Waals surface area contributed by atoms with Crippen LogP contribution in [0.3, 0.4) is 0 Å². The highest BCUT2D eigenvalue weighted by Crippen LogP contribution is 2.42. The van der Waals surface area contributed by atoms with Gasteiger partial charge in [-0.05, 0) is 37.3 Å². The van der Waals surface area contributed by atoms with E-state index in [1.807, 2.05) is 0 Å². The van der Waals surface area contributed by atoms with Gasteiger partial charge in [-0.1, -0.05) is 38.1 Å². The number of carboxylic acid groups (broad SMARTS) is 1. The number of benzene rings is 2. The van der Waals surface area contributed by atoms with Crippen LogP contribution in [0.15, 0.2) is 60.7 Å². The Morgan fingerprint density at radius 3 is 2.34 bits per heavy atom. The number of para-hydroxylation sites is 1. The number of aliphatic carboxylic acids is 1. The number of nitrogens with one attached hydrogen (secondary N) is 1. The summed E-state index contributed by atoms with van der Waals surface area (Å²) in [5, 5.41) is 20.8. The minimum Gasteiger partial charge on any atom is -0.491 e. The average Bonchev–Trinajstić information content (AvgIpc) is 2.75. The summed E-state index contributed by atoms with van der Waals surface area (Å²) >= 11 is 0. The largest absolute Gasteiger partial charge is 0.491 e. The van der Waals surface area contributed by atoms with Crippen LogP contribution in [-0.4, -0.2) is 41.3 Å². The number of carbonyl (C=O) groups excluding carboxylic acids is 2. The van der Waals surface area contributed by atoms with E-state index in [1.54, 1.807) is 62.4 Å². The predicted molar refractivity (Wildman–Crippen MR) is 119 cm³/mol. The molecule has 0 aromatic heterocycles. The molecule has 32 heavy (non-hydrogen) atoms. The first-order chi connectivity index (χ1) is 15.1. The van der Waals surface area contributed by atoms with Gasteiger partial charge >= 0.3 is 12.1 Å². The number of ketones is 1. The Labute approximate surface area is 186 Å². The van der Waals surface area contributed by atoms with Gasteiger partial charge < -0.3 is 19.7 Å². The number of Topliss-reactive ketones (excluding diaryl/α,β-unsaturated/α-hetero) is 1. The zero-order valence-electron chi connectivity index (χ0n) is 18.2. The number of carbonyl (C=O) groups is 3. The first-order valence-electron chi connectivity index (χ1n) is 9.97. The Hall–Kier alpha value is -3.65. The normalized spacial score (nSPS) is 12.2. The van der Waals surface area contributed by atoms with E-state index >= 15 is 0 Å². The molecule has 2 aromatic rings. The van der Waals surface area contributed by atoms with E-state index in [4.69, 9.17) is 19.7 Å². The number of amides is 1. The Morgan fingerprint density at radius 1 is 1.09 bits per heavy atom. The fourth-order valence-corrected chi connectivity index (χ4v) is 3.02. The van der Waals surface area contributed by atoms with Crippen LogP contribution >= 0.6 is 0 Å². The number of hydrogen-bond donors (Lipinski definition) is 3. The zero-order valence-corrected chi connectivity index (χ0v) is 18.2. The van der Waals surface area contributed by atoms with E-state index in [0.717, 1.165) is 6.08 Å². The van der Waals surface area contributed by atoms with Crippen LogP contribution in [0.2, 0.25) is 0 Å². The highest BCUT2D eigenvalue weighted by Gasteiger charge is 2.34. The van der Waals surface area contributed by atoms with Gasteiger partial charge in [0.1, 0.15) is 18.5 Å². The first kappa shape index (κ1) is 24.6. The molecule has 0 heterocycles. The van der Waals surface area contributed by atoms with Crippen molar-refractivity contribution in [2.24, 2.45) is 5.41 Å². The second kappa shape index (κ2) is 11.1. The second-order valence-electron chi connectivity index (χ2n) is 7.65. The van der Waals surface area contributed by atoms with Gasteiger partial charge in [0, 0.05) is 28.3 Å². The van der Waals surface area contributed by atoms with Crippen molar-refractivity contribution in [3.8, 4) is 5.75 Å². The third-order valence-corrected chi connectivity index (χ3v) is 4.64. The molecule has 0 saturated heterocycles. The van der Waals surface area contributed by atoms with E-state index < -0.39 is 23.6 Å². The molecule has 0 aliphatic rings. The van der Waals surface area contributed by atoms with Gasteiger partial charge in [-0.25, -0.2) is 9.59 Å². The second-order valence-corrected chi connectivity index (χ2v) is 7.65. The van der Waals surface area contributed by atoms with Gasteiger partial charge in [-0.3, -0.25) is 10.1 Å². The molecule has 2 aromatic carbocycles. The molecule has 8 heteroatoms. The van der Waals surface area contributed by atoms with E-state index in [2.05, 4.69) is 5.32 Å². The number of rotatable bonds is 10. The summed E-state index contributed by atoms with van der Waals surface area (Å²) in [6.45, 7) is 4.76. The number of hydrogen-bond acceptors (Lipinski definition) is 6. The maximum Gasteiger partial charge on any atom is 0.412 e. The van der Waals surface area contributed by atoms with Crippen molar-refractivity contribution in [2.45, 2.75) is 26.9 Å². The molecule has 0 aliphatic carbocycles. The summed E-state index contributed by atoms with van der Waals surface area (Å²) in [5.41, 5.74) is 0.537. The zero-order chi connectivity index (χ0) is 23.7. The topological polar surface area (TPSA) is 122 Å². The van der Waals surface area contributed by atoms with Gasteiger partial charge in [-0.15, -0.1) is 0 Å². The standard InChI is InChI=1S/C24H27NO7/c1-16(27)17-8-10-18(11-9-17)25-23(30)32-22(24(2,3)13-12-21(28)29)19-6-4-5-7-20(19)31-15-14-26/h4-13,22,26H,14-15H2,1-3H3,(H,25,30)(H,28,29)/b13-12+/t22-/m1/s1. The Morgan fingerprint density at radius 2 is 1.75 bits per heavy atom. The van der Waals surface area contributed by atoms with Crippen molar-refractivity contribution < 1.29 is 34.1 Å². The average molecular weight is 441 g/mol. The molecule has 1 amide bonds. The molecule has 0 spiro atoms. The lowest BCUT2D eigenvalue weighted by Gasteiger charge is -2.32. The summed E-state index contributed by atoms with van der Waals surface area (Å²) in [6.07, 6.45) is 0.757. The molecule has 3 N–H and O–H groups in total. The van der Waals surface area contributed by atoms with Crippen LogP contribution in [0.25, 0.3) is 0 Å².